The summed E-state index contributed by atoms with van der Waals surface area (Å²) in [4.78, 5) is 11.6. The molecule has 1 aromatic carbocycles. The molecule has 0 bridgehead atoms. The van der Waals surface area contributed by atoms with Crippen LogP contribution in [0, 0.1) is 0 Å². The van der Waals surface area contributed by atoms with Crippen molar-refractivity contribution in [3.8, 4) is 5.75 Å². The molecule has 0 aliphatic carbocycles. The van der Waals surface area contributed by atoms with Crippen LogP contribution >= 0.6 is 0 Å². The summed E-state index contributed by atoms with van der Waals surface area (Å²) in [6.07, 6.45) is -0.586. The van der Waals surface area contributed by atoms with Gasteiger partial charge >= 0.3 is 6.09 Å². The molecule has 22 heavy (non-hydrogen) atoms. The molecule has 6 nitrogen and oxygen atoms in total. The van der Waals surface area contributed by atoms with Crippen molar-refractivity contribution in [1.29, 1.82) is 0 Å². The zero-order valence-electron chi connectivity index (χ0n) is 14.0. The third-order valence-electron chi connectivity index (χ3n) is 2.71. The predicted octanol–water partition coefficient (Wildman–Crippen LogP) is 3.09. The van der Waals surface area contributed by atoms with Gasteiger partial charge in [-0.2, -0.15) is 5.10 Å². The Hall–Kier alpha value is -2.08. The van der Waals surface area contributed by atoms with Gasteiger partial charge in [0.15, 0.2) is 0 Å². The molecule has 1 rings (SSSR count). The fourth-order valence-electron chi connectivity index (χ4n) is 1.77. The third kappa shape index (κ3) is 5.73. The number of hydrogen-bond donors (Lipinski definition) is 1. The topological polar surface area (TPSA) is 69.2 Å². The van der Waals surface area contributed by atoms with Crippen LogP contribution in [0.25, 0.3) is 0 Å². The summed E-state index contributed by atoms with van der Waals surface area (Å²) in [7, 11) is 3.23. The van der Waals surface area contributed by atoms with Crippen molar-refractivity contribution in [2.75, 3.05) is 14.2 Å². The zero-order valence-corrected chi connectivity index (χ0v) is 14.0. The summed E-state index contributed by atoms with van der Waals surface area (Å²) in [6.45, 7) is 7.62. The van der Waals surface area contributed by atoms with Crippen LogP contribution in [-0.2, 0) is 16.1 Å². The van der Waals surface area contributed by atoms with E-state index in [0.29, 0.717) is 12.3 Å². The van der Waals surface area contributed by atoms with Gasteiger partial charge in [-0.05, 0) is 51.5 Å². The Labute approximate surface area is 131 Å². The molecule has 0 heterocycles. The summed E-state index contributed by atoms with van der Waals surface area (Å²) in [6, 6.07) is 5.63. The largest absolute Gasteiger partial charge is 0.496 e. The van der Waals surface area contributed by atoms with E-state index >= 15 is 0 Å². The van der Waals surface area contributed by atoms with Crippen LogP contribution < -0.4 is 10.2 Å². The van der Waals surface area contributed by atoms with Crippen LogP contribution in [0.2, 0.25) is 0 Å². The minimum atomic E-state index is -0.586. The molecular formula is C16H24N2O4. The van der Waals surface area contributed by atoms with E-state index in [4.69, 9.17) is 14.2 Å². The van der Waals surface area contributed by atoms with Crippen LogP contribution in [0.4, 0.5) is 4.79 Å². The number of hydrogen-bond acceptors (Lipinski definition) is 5. The standard InChI is InChI=1S/C16H24N2O4/c1-11(17-18-15(19)22-16(2,3)4)12-7-8-14(21-6)13(9-12)10-20-5/h7-9H,10H2,1-6H3,(H,18,19)/b17-11-. The SMILES string of the molecule is COCc1cc(/C(C)=N\NC(=O)OC(C)(C)C)ccc1OC. The second kappa shape index (κ2) is 7.79. The third-order valence-corrected chi connectivity index (χ3v) is 2.71. The number of ether oxygens (including phenoxy) is 3. The lowest BCUT2D eigenvalue weighted by molar-refractivity contribution is 0.0529. The quantitative estimate of drug-likeness (QED) is 0.670. The minimum absolute atomic E-state index is 0.434. The number of methoxy groups -OCH3 is 2. The number of carbonyl (C=O) groups is 1. The average Bonchev–Trinajstić information content (AvgIpc) is 2.43. The highest BCUT2D eigenvalue weighted by molar-refractivity contribution is 5.99. The Morgan fingerprint density at radius 3 is 2.50 bits per heavy atom. The Bertz CT molecular complexity index is 548. The van der Waals surface area contributed by atoms with E-state index < -0.39 is 11.7 Å². The van der Waals surface area contributed by atoms with Gasteiger partial charge in [-0.25, -0.2) is 10.2 Å². The van der Waals surface area contributed by atoms with Crippen molar-refractivity contribution >= 4 is 11.8 Å². The maximum atomic E-state index is 11.6. The van der Waals surface area contributed by atoms with Crippen LogP contribution in [0.5, 0.6) is 5.75 Å². The van der Waals surface area contributed by atoms with E-state index in [1.165, 1.54) is 0 Å². The molecule has 0 unspecified atom stereocenters. The first-order valence-electron chi connectivity index (χ1n) is 6.96. The van der Waals surface area contributed by atoms with Crippen molar-refractivity contribution < 1.29 is 19.0 Å². The lowest BCUT2D eigenvalue weighted by Crippen LogP contribution is -2.30. The number of nitrogens with one attached hydrogen (secondary N) is 1. The molecule has 0 atom stereocenters. The molecular weight excluding hydrogens is 284 g/mol. The van der Waals surface area contributed by atoms with Crippen molar-refractivity contribution in [3.63, 3.8) is 0 Å². The molecule has 0 saturated heterocycles. The van der Waals surface area contributed by atoms with Gasteiger partial charge in [-0.15, -0.1) is 0 Å². The Kier molecular flexibility index (Phi) is 6.37. The first kappa shape index (κ1) is 18.0. The second-order valence-corrected chi connectivity index (χ2v) is 5.77. The maximum Gasteiger partial charge on any atom is 0.428 e. The molecule has 0 aliphatic heterocycles. The van der Waals surface area contributed by atoms with Gasteiger partial charge in [0.05, 0.1) is 19.4 Å². The fraction of sp³-hybridized carbons (Fsp3) is 0.500. The van der Waals surface area contributed by atoms with Crippen LogP contribution in [0.1, 0.15) is 38.8 Å². The van der Waals surface area contributed by atoms with E-state index in [1.807, 2.05) is 18.2 Å². The lowest BCUT2D eigenvalue weighted by Gasteiger charge is -2.18. The van der Waals surface area contributed by atoms with Gasteiger partial charge in [0.25, 0.3) is 0 Å². The number of benzene rings is 1. The second-order valence-electron chi connectivity index (χ2n) is 5.77. The predicted molar refractivity (Wildman–Crippen MR) is 85.3 cm³/mol. The molecule has 1 amide bonds. The van der Waals surface area contributed by atoms with Gasteiger partial charge in [-0.1, -0.05) is 0 Å². The van der Waals surface area contributed by atoms with Gasteiger partial charge < -0.3 is 14.2 Å². The minimum Gasteiger partial charge on any atom is -0.496 e. The highest BCUT2D eigenvalue weighted by Gasteiger charge is 2.15. The van der Waals surface area contributed by atoms with E-state index in [9.17, 15) is 4.79 Å². The van der Waals surface area contributed by atoms with Gasteiger partial charge in [0.1, 0.15) is 11.4 Å². The first-order valence-corrected chi connectivity index (χ1v) is 6.96. The van der Waals surface area contributed by atoms with Gasteiger partial charge in [0.2, 0.25) is 0 Å². The molecule has 1 N–H and O–H groups in total. The number of rotatable bonds is 5. The van der Waals surface area contributed by atoms with Crippen molar-refractivity contribution in [1.82, 2.24) is 5.43 Å². The molecule has 122 valence electrons. The summed E-state index contributed by atoms with van der Waals surface area (Å²) in [5, 5.41) is 4.05. The molecule has 0 radical (unpaired) electrons. The Morgan fingerprint density at radius 2 is 1.95 bits per heavy atom. The molecule has 0 saturated carbocycles. The zero-order chi connectivity index (χ0) is 16.8. The van der Waals surface area contributed by atoms with Crippen LogP contribution in [0.15, 0.2) is 23.3 Å². The molecule has 0 fully saturated rings. The number of amides is 1. The molecule has 1 aromatic rings. The van der Waals surface area contributed by atoms with Crippen molar-refractivity contribution in [3.05, 3.63) is 29.3 Å². The molecule has 0 aliphatic rings. The van der Waals surface area contributed by atoms with Crippen molar-refractivity contribution in [2.45, 2.75) is 39.9 Å². The molecule has 6 heteroatoms. The van der Waals surface area contributed by atoms with Crippen molar-refractivity contribution in [2.24, 2.45) is 5.10 Å². The highest BCUT2D eigenvalue weighted by Crippen LogP contribution is 2.21. The van der Waals surface area contributed by atoms with E-state index in [2.05, 4.69) is 10.5 Å². The van der Waals surface area contributed by atoms with E-state index in [1.54, 1.807) is 41.9 Å². The van der Waals surface area contributed by atoms with Crippen LogP contribution in [0.3, 0.4) is 0 Å². The Morgan fingerprint density at radius 1 is 1.27 bits per heavy atom. The summed E-state index contributed by atoms with van der Waals surface area (Å²) in [5.41, 5.74) is 4.26. The summed E-state index contributed by atoms with van der Waals surface area (Å²) < 4.78 is 15.6. The molecule has 0 spiro atoms. The summed E-state index contributed by atoms with van der Waals surface area (Å²) >= 11 is 0. The summed E-state index contributed by atoms with van der Waals surface area (Å²) in [5.74, 6) is 0.749. The normalized spacial score (nSPS) is 12.0. The van der Waals surface area contributed by atoms with Gasteiger partial charge in [-0.3, -0.25) is 0 Å². The monoisotopic (exact) mass is 308 g/mol. The van der Waals surface area contributed by atoms with Gasteiger partial charge in [0, 0.05) is 12.7 Å². The maximum absolute atomic E-state index is 11.6. The highest BCUT2D eigenvalue weighted by atomic mass is 16.6. The van der Waals surface area contributed by atoms with E-state index in [-0.39, 0.29) is 0 Å². The smallest absolute Gasteiger partial charge is 0.428 e. The first-order chi connectivity index (χ1) is 10.3. The van der Waals surface area contributed by atoms with Crippen LogP contribution in [-0.4, -0.2) is 31.6 Å². The fourth-order valence-corrected chi connectivity index (χ4v) is 1.77. The number of nitrogens with zero attached hydrogens (tertiary/aromatic N) is 1. The lowest BCUT2D eigenvalue weighted by atomic mass is 10.1. The number of hydrazone groups is 1. The number of carbonyl (C=O) groups excluding carboxylic acids is 1. The van der Waals surface area contributed by atoms with E-state index in [0.717, 1.165) is 16.9 Å². The Balaban J connectivity index is 2.84. The molecule has 0 aromatic heterocycles. The average molecular weight is 308 g/mol.